The maximum absolute atomic E-state index is 13.1. The van der Waals surface area contributed by atoms with Gasteiger partial charge in [-0.05, 0) is 51.0 Å². The normalized spacial score (nSPS) is 15.0. The molecule has 27 heavy (non-hydrogen) atoms. The summed E-state index contributed by atoms with van der Waals surface area (Å²) in [5.74, 6) is -0.447. The molecule has 2 amide bonds. The molecule has 0 saturated carbocycles. The van der Waals surface area contributed by atoms with Crippen LogP contribution in [0.2, 0.25) is 0 Å². The molecule has 0 aliphatic carbocycles. The van der Waals surface area contributed by atoms with Gasteiger partial charge in [0.1, 0.15) is 11.2 Å². The SMILES string of the molecule is CCCN(CCC)C(=O)C(C)(C)C(=O)N1CCN(c2ccc(F)cc2)CC1. The number of nitrogens with zero attached hydrogens (tertiary/aromatic N) is 3. The minimum atomic E-state index is -1.05. The Kier molecular flexibility index (Phi) is 7.22. The Bertz CT molecular complexity index is 631. The van der Waals surface area contributed by atoms with Crippen LogP contribution in [0, 0.1) is 11.2 Å². The van der Waals surface area contributed by atoms with E-state index in [1.54, 1.807) is 30.9 Å². The number of hydrogen-bond donors (Lipinski definition) is 0. The molecule has 0 spiro atoms. The third-order valence-electron chi connectivity index (χ3n) is 5.10. The van der Waals surface area contributed by atoms with E-state index in [4.69, 9.17) is 0 Å². The lowest BCUT2D eigenvalue weighted by Crippen LogP contribution is -2.56. The second-order valence-electron chi connectivity index (χ2n) is 7.67. The van der Waals surface area contributed by atoms with E-state index >= 15 is 0 Å². The topological polar surface area (TPSA) is 43.9 Å². The van der Waals surface area contributed by atoms with Crippen LogP contribution in [0.5, 0.6) is 0 Å². The van der Waals surface area contributed by atoms with E-state index in [1.807, 2.05) is 18.7 Å². The van der Waals surface area contributed by atoms with E-state index in [-0.39, 0.29) is 17.6 Å². The summed E-state index contributed by atoms with van der Waals surface area (Å²) < 4.78 is 13.1. The largest absolute Gasteiger partial charge is 0.368 e. The van der Waals surface area contributed by atoms with Crippen molar-refractivity contribution >= 4 is 17.5 Å². The van der Waals surface area contributed by atoms with Gasteiger partial charge in [-0.3, -0.25) is 9.59 Å². The molecule has 1 fully saturated rings. The third kappa shape index (κ3) is 4.99. The van der Waals surface area contributed by atoms with E-state index in [0.29, 0.717) is 39.3 Å². The van der Waals surface area contributed by atoms with Crippen molar-refractivity contribution in [1.82, 2.24) is 9.80 Å². The average molecular weight is 378 g/mol. The lowest BCUT2D eigenvalue weighted by Gasteiger charge is -2.40. The molecule has 5 nitrogen and oxygen atoms in total. The van der Waals surface area contributed by atoms with Gasteiger partial charge in [-0.25, -0.2) is 4.39 Å². The first-order valence-electron chi connectivity index (χ1n) is 9.90. The third-order valence-corrected chi connectivity index (χ3v) is 5.10. The molecular formula is C21H32FN3O2. The summed E-state index contributed by atoms with van der Waals surface area (Å²) in [6.45, 7) is 11.4. The fourth-order valence-corrected chi connectivity index (χ4v) is 3.56. The number of piperazine rings is 1. The van der Waals surface area contributed by atoms with Gasteiger partial charge in [0.2, 0.25) is 11.8 Å². The van der Waals surface area contributed by atoms with Gasteiger partial charge in [-0.2, -0.15) is 0 Å². The molecule has 1 aliphatic heterocycles. The molecule has 150 valence electrons. The predicted octanol–water partition coefficient (Wildman–Crippen LogP) is 3.15. The van der Waals surface area contributed by atoms with Gasteiger partial charge in [0, 0.05) is 45.0 Å². The van der Waals surface area contributed by atoms with Crippen LogP contribution in [-0.2, 0) is 9.59 Å². The first-order valence-corrected chi connectivity index (χ1v) is 9.90. The summed E-state index contributed by atoms with van der Waals surface area (Å²) in [6, 6.07) is 6.41. The smallest absolute Gasteiger partial charge is 0.237 e. The van der Waals surface area contributed by atoms with Crippen molar-refractivity contribution in [3.63, 3.8) is 0 Å². The molecular weight excluding hydrogens is 345 g/mol. The summed E-state index contributed by atoms with van der Waals surface area (Å²) in [5.41, 5.74) is -0.0986. The van der Waals surface area contributed by atoms with Gasteiger partial charge >= 0.3 is 0 Å². The van der Waals surface area contributed by atoms with Crippen LogP contribution in [0.25, 0.3) is 0 Å². The number of amides is 2. The Morgan fingerprint density at radius 1 is 1.00 bits per heavy atom. The molecule has 1 saturated heterocycles. The summed E-state index contributed by atoms with van der Waals surface area (Å²) in [7, 11) is 0. The Labute approximate surface area is 162 Å². The number of halogens is 1. The summed E-state index contributed by atoms with van der Waals surface area (Å²) in [4.78, 5) is 31.8. The van der Waals surface area contributed by atoms with Crippen molar-refractivity contribution in [1.29, 1.82) is 0 Å². The second-order valence-corrected chi connectivity index (χ2v) is 7.67. The Hall–Kier alpha value is -2.11. The highest BCUT2D eigenvalue weighted by Gasteiger charge is 2.42. The molecule has 0 aromatic heterocycles. The van der Waals surface area contributed by atoms with Crippen LogP contribution in [0.3, 0.4) is 0 Å². The van der Waals surface area contributed by atoms with Crippen molar-refractivity contribution in [2.45, 2.75) is 40.5 Å². The van der Waals surface area contributed by atoms with E-state index in [0.717, 1.165) is 18.5 Å². The molecule has 0 unspecified atom stereocenters. The van der Waals surface area contributed by atoms with Crippen LogP contribution in [0.1, 0.15) is 40.5 Å². The summed E-state index contributed by atoms with van der Waals surface area (Å²) in [6.07, 6.45) is 1.76. The number of hydrogen-bond acceptors (Lipinski definition) is 3. The number of carbonyl (C=O) groups is 2. The molecule has 1 heterocycles. The molecule has 2 rings (SSSR count). The quantitative estimate of drug-likeness (QED) is 0.686. The van der Waals surface area contributed by atoms with Crippen molar-refractivity contribution < 1.29 is 14.0 Å². The van der Waals surface area contributed by atoms with Gasteiger partial charge in [0.25, 0.3) is 0 Å². The van der Waals surface area contributed by atoms with Gasteiger partial charge in [-0.15, -0.1) is 0 Å². The summed E-state index contributed by atoms with van der Waals surface area (Å²) >= 11 is 0. The standard InChI is InChI=1S/C21H32FN3O2/c1-5-11-24(12-6-2)19(26)21(3,4)20(27)25-15-13-23(14-16-25)18-9-7-17(22)8-10-18/h7-10H,5-6,11-16H2,1-4H3. The van der Waals surface area contributed by atoms with E-state index in [2.05, 4.69) is 4.90 Å². The number of rotatable bonds is 7. The molecule has 6 heteroatoms. The zero-order chi connectivity index (χ0) is 20.0. The van der Waals surface area contributed by atoms with Crippen LogP contribution in [0.15, 0.2) is 24.3 Å². The minimum absolute atomic E-state index is 0.0860. The first kappa shape index (κ1) is 21.2. The number of benzene rings is 1. The zero-order valence-electron chi connectivity index (χ0n) is 17.0. The fraction of sp³-hybridized carbons (Fsp3) is 0.619. The highest BCUT2D eigenvalue weighted by atomic mass is 19.1. The van der Waals surface area contributed by atoms with Crippen LogP contribution in [-0.4, -0.2) is 60.9 Å². The number of carbonyl (C=O) groups excluding carboxylic acids is 2. The molecule has 0 bridgehead atoms. The van der Waals surface area contributed by atoms with E-state index in [1.165, 1.54) is 12.1 Å². The van der Waals surface area contributed by atoms with Crippen molar-refractivity contribution in [3.05, 3.63) is 30.1 Å². The van der Waals surface area contributed by atoms with Gasteiger partial charge in [-0.1, -0.05) is 13.8 Å². The lowest BCUT2D eigenvalue weighted by atomic mass is 9.89. The Morgan fingerprint density at radius 3 is 2.00 bits per heavy atom. The predicted molar refractivity (Wildman–Crippen MR) is 106 cm³/mol. The maximum Gasteiger partial charge on any atom is 0.237 e. The van der Waals surface area contributed by atoms with E-state index < -0.39 is 5.41 Å². The van der Waals surface area contributed by atoms with Crippen LogP contribution >= 0.6 is 0 Å². The average Bonchev–Trinajstić information content (AvgIpc) is 2.67. The molecule has 1 aromatic rings. The van der Waals surface area contributed by atoms with Crippen molar-refractivity contribution in [2.75, 3.05) is 44.2 Å². The molecule has 0 radical (unpaired) electrons. The van der Waals surface area contributed by atoms with E-state index in [9.17, 15) is 14.0 Å². The van der Waals surface area contributed by atoms with Crippen LogP contribution in [0.4, 0.5) is 10.1 Å². The monoisotopic (exact) mass is 377 g/mol. The Morgan fingerprint density at radius 2 is 1.52 bits per heavy atom. The van der Waals surface area contributed by atoms with Crippen molar-refractivity contribution in [3.8, 4) is 0 Å². The van der Waals surface area contributed by atoms with Crippen molar-refractivity contribution in [2.24, 2.45) is 5.41 Å². The molecule has 0 atom stereocenters. The van der Waals surface area contributed by atoms with Crippen LogP contribution < -0.4 is 4.90 Å². The fourth-order valence-electron chi connectivity index (χ4n) is 3.56. The molecule has 1 aromatic carbocycles. The highest BCUT2D eigenvalue weighted by molar-refractivity contribution is 6.04. The molecule has 1 aliphatic rings. The van der Waals surface area contributed by atoms with Gasteiger partial charge in [0.15, 0.2) is 0 Å². The lowest BCUT2D eigenvalue weighted by molar-refractivity contribution is -0.154. The minimum Gasteiger partial charge on any atom is -0.368 e. The number of anilines is 1. The highest BCUT2D eigenvalue weighted by Crippen LogP contribution is 2.25. The van der Waals surface area contributed by atoms with Gasteiger partial charge < -0.3 is 14.7 Å². The van der Waals surface area contributed by atoms with Gasteiger partial charge in [0.05, 0.1) is 0 Å². The first-order chi connectivity index (χ1) is 12.8. The maximum atomic E-state index is 13.1. The zero-order valence-corrected chi connectivity index (χ0v) is 17.0. The Balaban J connectivity index is 2.00. The second kappa shape index (κ2) is 9.20. The summed E-state index contributed by atoms with van der Waals surface area (Å²) in [5, 5.41) is 0. The molecule has 0 N–H and O–H groups in total.